The highest BCUT2D eigenvalue weighted by Gasteiger charge is 2.29. The first-order valence-corrected chi connectivity index (χ1v) is 12.2. The van der Waals surface area contributed by atoms with Crippen molar-refractivity contribution in [1.82, 2.24) is 10.6 Å². The molecule has 0 heterocycles. The van der Waals surface area contributed by atoms with Gasteiger partial charge in [-0.05, 0) is 41.7 Å². The lowest BCUT2D eigenvalue weighted by atomic mass is 9.78. The first-order chi connectivity index (χ1) is 15.4. The van der Waals surface area contributed by atoms with Gasteiger partial charge < -0.3 is 15.7 Å². The van der Waals surface area contributed by atoms with E-state index in [0.29, 0.717) is 37.3 Å². The van der Waals surface area contributed by atoms with Crippen molar-refractivity contribution in [3.63, 3.8) is 0 Å². The van der Waals surface area contributed by atoms with Crippen LogP contribution in [0.5, 0.6) is 0 Å². The van der Waals surface area contributed by atoms with Gasteiger partial charge in [0.05, 0.1) is 12.1 Å². The molecule has 3 N–H and O–H groups in total. The Kier molecular flexibility index (Phi) is 9.31. The van der Waals surface area contributed by atoms with Gasteiger partial charge in [0.2, 0.25) is 5.91 Å². The number of benzene rings is 2. The second-order valence-electron chi connectivity index (χ2n) is 9.73. The van der Waals surface area contributed by atoms with Crippen LogP contribution in [0.3, 0.4) is 0 Å². The Morgan fingerprint density at radius 3 is 2.38 bits per heavy atom. The fourth-order valence-electron chi connectivity index (χ4n) is 4.88. The molecule has 32 heavy (non-hydrogen) atoms. The van der Waals surface area contributed by atoms with Gasteiger partial charge in [-0.15, -0.1) is 0 Å². The summed E-state index contributed by atoms with van der Waals surface area (Å²) in [6.07, 6.45) is 4.06. The number of rotatable bonds is 10. The molecule has 1 amide bonds. The third-order valence-electron chi connectivity index (χ3n) is 7.27. The van der Waals surface area contributed by atoms with E-state index in [9.17, 15) is 9.90 Å². The normalized spacial score (nSPS) is 23.8. The highest BCUT2D eigenvalue weighted by atomic mass is 16.3. The Morgan fingerprint density at radius 1 is 1.03 bits per heavy atom. The van der Waals surface area contributed by atoms with Gasteiger partial charge in [0, 0.05) is 19.0 Å². The van der Waals surface area contributed by atoms with E-state index < -0.39 is 6.10 Å². The lowest BCUT2D eigenvalue weighted by Gasteiger charge is -2.36. The van der Waals surface area contributed by atoms with Crippen molar-refractivity contribution < 1.29 is 9.90 Å². The van der Waals surface area contributed by atoms with Gasteiger partial charge in [-0.2, -0.15) is 0 Å². The largest absolute Gasteiger partial charge is 0.390 e. The molecule has 6 atom stereocenters. The van der Waals surface area contributed by atoms with Gasteiger partial charge >= 0.3 is 0 Å². The standard InChI is InChI=1S/C28H40N2O2/c1-20-11-10-16-25(22(20)3)29-19-27(31)26(18-23-12-6-4-7-13-23)30-28(32)17-21(2)24-14-8-5-9-15-24/h4-9,12-15,20-22,25-27,29,31H,10-11,16-19H2,1-3H3,(H,30,32)/t20?,21?,22?,25?,26-,27-/m0/s1. The predicted molar refractivity (Wildman–Crippen MR) is 132 cm³/mol. The third kappa shape index (κ3) is 7.18. The minimum Gasteiger partial charge on any atom is -0.390 e. The Hall–Kier alpha value is -2.17. The van der Waals surface area contributed by atoms with Crippen molar-refractivity contribution in [2.45, 2.75) is 77.0 Å². The first-order valence-electron chi connectivity index (χ1n) is 12.2. The minimum atomic E-state index is -0.643. The average Bonchev–Trinajstić information content (AvgIpc) is 2.80. The summed E-state index contributed by atoms with van der Waals surface area (Å²) < 4.78 is 0. The number of aliphatic hydroxyl groups excluding tert-OH is 1. The Morgan fingerprint density at radius 2 is 1.69 bits per heavy atom. The molecule has 0 aliphatic heterocycles. The summed E-state index contributed by atoms with van der Waals surface area (Å²) in [6, 6.07) is 20.3. The maximum Gasteiger partial charge on any atom is 0.220 e. The van der Waals surface area contributed by atoms with Crippen LogP contribution < -0.4 is 10.6 Å². The van der Waals surface area contributed by atoms with E-state index in [1.807, 2.05) is 36.4 Å². The molecule has 1 aliphatic carbocycles. The molecular weight excluding hydrogens is 396 g/mol. The number of hydrogen-bond acceptors (Lipinski definition) is 3. The van der Waals surface area contributed by atoms with Crippen LogP contribution >= 0.6 is 0 Å². The van der Waals surface area contributed by atoms with Gasteiger partial charge in [-0.3, -0.25) is 4.79 Å². The molecule has 0 bridgehead atoms. The fraction of sp³-hybridized carbons (Fsp3) is 0.536. The molecule has 0 spiro atoms. The summed E-state index contributed by atoms with van der Waals surface area (Å²) in [4.78, 5) is 12.9. The zero-order chi connectivity index (χ0) is 22.9. The van der Waals surface area contributed by atoms with Gasteiger partial charge in [0.1, 0.15) is 0 Å². The fourth-order valence-corrected chi connectivity index (χ4v) is 4.88. The second kappa shape index (κ2) is 12.2. The first kappa shape index (κ1) is 24.5. The number of nitrogens with one attached hydrogen (secondary N) is 2. The average molecular weight is 437 g/mol. The Balaban J connectivity index is 1.61. The second-order valence-corrected chi connectivity index (χ2v) is 9.73. The summed E-state index contributed by atoms with van der Waals surface area (Å²) in [5.41, 5.74) is 2.28. The van der Waals surface area contributed by atoms with Crippen LogP contribution in [0.1, 0.15) is 63.5 Å². The van der Waals surface area contributed by atoms with Crippen LogP contribution in [0, 0.1) is 11.8 Å². The van der Waals surface area contributed by atoms with Crippen molar-refractivity contribution in [3.8, 4) is 0 Å². The molecule has 2 aromatic rings. The zero-order valence-corrected chi connectivity index (χ0v) is 19.8. The van der Waals surface area contributed by atoms with Gasteiger partial charge in [-0.25, -0.2) is 0 Å². The van der Waals surface area contributed by atoms with Gasteiger partial charge in [-0.1, -0.05) is 94.3 Å². The highest BCUT2D eigenvalue weighted by Crippen LogP contribution is 2.29. The van der Waals surface area contributed by atoms with E-state index in [0.717, 1.165) is 17.5 Å². The van der Waals surface area contributed by atoms with Crippen molar-refractivity contribution >= 4 is 5.91 Å². The zero-order valence-electron chi connectivity index (χ0n) is 19.8. The van der Waals surface area contributed by atoms with Crippen LogP contribution in [0.15, 0.2) is 60.7 Å². The summed E-state index contributed by atoms with van der Waals surface area (Å²) in [5, 5.41) is 17.8. The van der Waals surface area contributed by atoms with E-state index in [4.69, 9.17) is 0 Å². The number of carbonyl (C=O) groups is 1. The molecule has 1 fully saturated rings. The molecule has 1 aliphatic rings. The smallest absolute Gasteiger partial charge is 0.220 e. The van der Waals surface area contributed by atoms with Crippen LogP contribution in [0.25, 0.3) is 0 Å². The van der Waals surface area contributed by atoms with Crippen LogP contribution in [-0.2, 0) is 11.2 Å². The Bertz CT molecular complexity index is 811. The van der Waals surface area contributed by atoms with E-state index in [2.05, 4.69) is 55.7 Å². The molecule has 4 unspecified atom stereocenters. The maximum absolute atomic E-state index is 12.9. The number of hydrogen-bond donors (Lipinski definition) is 3. The molecule has 1 saturated carbocycles. The lowest BCUT2D eigenvalue weighted by Crippen LogP contribution is -2.51. The summed E-state index contributed by atoms with van der Waals surface area (Å²) in [6.45, 7) is 7.20. The molecule has 4 nitrogen and oxygen atoms in total. The maximum atomic E-state index is 12.9. The number of amides is 1. The van der Waals surface area contributed by atoms with E-state index in [1.165, 1.54) is 12.8 Å². The molecule has 4 heteroatoms. The summed E-state index contributed by atoms with van der Waals surface area (Å²) in [7, 11) is 0. The molecular formula is C28H40N2O2. The molecule has 3 rings (SSSR count). The monoisotopic (exact) mass is 436 g/mol. The van der Waals surface area contributed by atoms with E-state index in [1.54, 1.807) is 0 Å². The molecule has 174 valence electrons. The van der Waals surface area contributed by atoms with Crippen molar-refractivity contribution in [2.75, 3.05) is 6.54 Å². The molecule has 2 aromatic carbocycles. The van der Waals surface area contributed by atoms with Crippen molar-refractivity contribution in [3.05, 3.63) is 71.8 Å². The minimum absolute atomic E-state index is 0.0130. The summed E-state index contributed by atoms with van der Waals surface area (Å²) in [5.74, 6) is 1.43. The number of carbonyl (C=O) groups excluding carboxylic acids is 1. The predicted octanol–water partition coefficient (Wildman–Crippen LogP) is 4.68. The van der Waals surface area contributed by atoms with Crippen LogP contribution in [0.2, 0.25) is 0 Å². The highest BCUT2D eigenvalue weighted by molar-refractivity contribution is 5.77. The third-order valence-corrected chi connectivity index (χ3v) is 7.27. The SMILES string of the molecule is CC(CC(=O)N[C@@H](Cc1ccccc1)[C@@H](O)CNC1CCCC(C)C1C)c1ccccc1. The van der Waals surface area contributed by atoms with Gasteiger partial charge in [0.25, 0.3) is 0 Å². The lowest BCUT2D eigenvalue weighted by molar-refractivity contribution is -0.123. The quantitative estimate of drug-likeness (QED) is 0.507. The van der Waals surface area contributed by atoms with Crippen LogP contribution in [0.4, 0.5) is 0 Å². The molecule has 0 radical (unpaired) electrons. The topological polar surface area (TPSA) is 61.4 Å². The van der Waals surface area contributed by atoms with E-state index in [-0.39, 0.29) is 17.9 Å². The Labute approximate surface area is 193 Å². The van der Waals surface area contributed by atoms with Gasteiger partial charge in [0.15, 0.2) is 0 Å². The molecule has 0 saturated heterocycles. The van der Waals surface area contributed by atoms with Crippen molar-refractivity contribution in [1.29, 1.82) is 0 Å². The number of aliphatic hydroxyl groups is 1. The van der Waals surface area contributed by atoms with Crippen LogP contribution in [-0.4, -0.2) is 35.7 Å². The molecule has 0 aromatic heterocycles. The van der Waals surface area contributed by atoms with E-state index >= 15 is 0 Å². The summed E-state index contributed by atoms with van der Waals surface area (Å²) >= 11 is 0. The van der Waals surface area contributed by atoms with Crippen molar-refractivity contribution in [2.24, 2.45) is 11.8 Å².